The topological polar surface area (TPSA) is 119 Å². The lowest BCUT2D eigenvalue weighted by atomic mass is 10.1. The second kappa shape index (κ2) is 7.99. The third-order valence-corrected chi connectivity index (χ3v) is 4.48. The molecular formula is C22H13N3O6. The van der Waals surface area contributed by atoms with Crippen molar-refractivity contribution in [2.24, 2.45) is 5.10 Å². The van der Waals surface area contributed by atoms with Crippen LogP contribution in [0.2, 0.25) is 0 Å². The molecule has 0 spiro atoms. The molecule has 0 saturated heterocycles. The highest BCUT2D eigenvalue weighted by Crippen LogP contribution is 2.23. The maximum Gasteiger partial charge on any atom is 0.343 e. The highest BCUT2D eigenvalue weighted by atomic mass is 16.6. The van der Waals surface area contributed by atoms with Crippen molar-refractivity contribution in [2.45, 2.75) is 0 Å². The van der Waals surface area contributed by atoms with E-state index >= 15 is 0 Å². The molecule has 1 aliphatic heterocycles. The number of nitro groups is 1. The summed E-state index contributed by atoms with van der Waals surface area (Å²) in [6.07, 6.45) is 1.34. The summed E-state index contributed by atoms with van der Waals surface area (Å²) < 4.78 is 5.22. The molecule has 9 heteroatoms. The van der Waals surface area contributed by atoms with E-state index in [1.807, 2.05) is 0 Å². The molecule has 1 aliphatic rings. The predicted molar refractivity (Wildman–Crippen MR) is 109 cm³/mol. The summed E-state index contributed by atoms with van der Waals surface area (Å²) in [6, 6.07) is 17.9. The summed E-state index contributed by atoms with van der Waals surface area (Å²) in [5.74, 6) is -1.52. The molecule has 2 amide bonds. The van der Waals surface area contributed by atoms with Gasteiger partial charge in [0.05, 0.1) is 27.8 Å². The van der Waals surface area contributed by atoms with Gasteiger partial charge in [0.2, 0.25) is 0 Å². The van der Waals surface area contributed by atoms with Crippen molar-refractivity contribution in [3.63, 3.8) is 0 Å². The summed E-state index contributed by atoms with van der Waals surface area (Å²) in [5.41, 5.74) is 0.993. The Morgan fingerprint density at radius 2 is 1.58 bits per heavy atom. The standard InChI is InChI=1S/C22H13N3O6/c26-20-18-6-1-2-7-19(18)21(27)24(20)23-13-14-8-10-17(11-9-14)31-22(28)15-4-3-5-16(12-15)25(29)30/h1-13H/b23-13-. The maximum atomic E-state index is 12.3. The molecule has 0 aliphatic carbocycles. The van der Waals surface area contributed by atoms with Gasteiger partial charge in [-0.1, -0.05) is 18.2 Å². The molecule has 0 N–H and O–H groups in total. The maximum absolute atomic E-state index is 12.3. The van der Waals surface area contributed by atoms with E-state index in [2.05, 4.69) is 5.10 Å². The first kappa shape index (κ1) is 19.6. The smallest absolute Gasteiger partial charge is 0.343 e. The molecule has 3 aromatic carbocycles. The summed E-state index contributed by atoms with van der Waals surface area (Å²) in [6.45, 7) is 0. The van der Waals surface area contributed by atoms with Crippen molar-refractivity contribution in [3.8, 4) is 5.75 Å². The molecule has 0 aromatic heterocycles. The second-order valence-electron chi connectivity index (χ2n) is 6.48. The quantitative estimate of drug-likeness (QED) is 0.157. The zero-order valence-electron chi connectivity index (χ0n) is 15.8. The van der Waals surface area contributed by atoms with Crippen molar-refractivity contribution in [1.82, 2.24) is 5.01 Å². The number of imide groups is 1. The van der Waals surface area contributed by atoms with Gasteiger partial charge in [-0.2, -0.15) is 10.1 Å². The van der Waals surface area contributed by atoms with Gasteiger partial charge in [0.25, 0.3) is 17.5 Å². The van der Waals surface area contributed by atoms with Gasteiger partial charge in [0.1, 0.15) is 5.75 Å². The van der Waals surface area contributed by atoms with Crippen LogP contribution in [-0.4, -0.2) is 33.9 Å². The van der Waals surface area contributed by atoms with Crippen LogP contribution in [0.5, 0.6) is 5.75 Å². The van der Waals surface area contributed by atoms with Gasteiger partial charge in [-0.15, -0.1) is 0 Å². The number of non-ortho nitro benzene ring substituents is 1. The molecule has 4 rings (SSSR count). The van der Waals surface area contributed by atoms with Gasteiger partial charge >= 0.3 is 5.97 Å². The molecule has 1 heterocycles. The van der Waals surface area contributed by atoms with Crippen LogP contribution in [-0.2, 0) is 0 Å². The van der Waals surface area contributed by atoms with Crippen LogP contribution in [0.4, 0.5) is 5.69 Å². The number of nitrogens with zero attached hydrogens (tertiary/aromatic N) is 3. The number of rotatable bonds is 5. The Morgan fingerprint density at radius 3 is 2.19 bits per heavy atom. The van der Waals surface area contributed by atoms with Gasteiger partial charge in [-0.3, -0.25) is 19.7 Å². The number of benzene rings is 3. The van der Waals surface area contributed by atoms with Crippen molar-refractivity contribution >= 4 is 29.7 Å². The first-order valence-electron chi connectivity index (χ1n) is 9.02. The molecule has 3 aromatic rings. The highest BCUT2D eigenvalue weighted by Gasteiger charge is 2.35. The molecule has 0 saturated carbocycles. The number of esters is 1. The van der Waals surface area contributed by atoms with E-state index in [0.29, 0.717) is 16.7 Å². The van der Waals surface area contributed by atoms with E-state index in [4.69, 9.17) is 4.74 Å². The Kier molecular flexibility index (Phi) is 5.07. The predicted octanol–water partition coefficient (Wildman–Crippen LogP) is 3.44. The zero-order valence-corrected chi connectivity index (χ0v) is 15.8. The first-order chi connectivity index (χ1) is 14.9. The molecule has 0 fully saturated rings. The molecule has 0 bridgehead atoms. The van der Waals surface area contributed by atoms with Crippen LogP contribution in [0.1, 0.15) is 36.6 Å². The van der Waals surface area contributed by atoms with Crippen molar-refractivity contribution in [3.05, 3.63) is 105 Å². The van der Waals surface area contributed by atoms with Crippen LogP contribution in [0, 0.1) is 10.1 Å². The molecule has 152 valence electrons. The molecule has 0 atom stereocenters. The number of amides is 2. The molecule has 9 nitrogen and oxygen atoms in total. The fourth-order valence-electron chi connectivity index (χ4n) is 2.94. The number of hydrogen-bond donors (Lipinski definition) is 0. The Morgan fingerprint density at radius 1 is 0.935 bits per heavy atom. The van der Waals surface area contributed by atoms with Crippen molar-refractivity contribution in [2.75, 3.05) is 0 Å². The van der Waals surface area contributed by atoms with E-state index in [1.165, 1.54) is 36.5 Å². The minimum atomic E-state index is -0.740. The van der Waals surface area contributed by atoms with Gasteiger partial charge in [-0.25, -0.2) is 4.79 Å². The molecule has 0 radical (unpaired) electrons. The van der Waals surface area contributed by atoms with E-state index < -0.39 is 22.7 Å². The monoisotopic (exact) mass is 415 g/mol. The Labute approximate surface area is 175 Å². The van der Waals surface area contributed by atoms with Gasteiger partial charge in [0.15, 0.2) is 0 Å². The number of hydrogen-bond acceptors (Lipinski definition) is 7. The average Bonchev–Trinajstić information content (AvgIpc) is 3.03. The van der Waals surface area contributed by atoms with Gasteiger partial charge in [-0.05, 0) is 48.0 Å². The Bertz CT molecular complexity index is 1220. The highest BCUT2D eigenvalue weighted by molar-refractivity contribution is 6.21. The Balaban J connectivity index is 1.44. The van der Waals surface area contributed by atoms with E-state index in [-0.39, 0.29) is 17.0 Å². The van der Waals surface area contributed by atoms with Crippen molar-refractivity contribution < 1.29 is 24.0 Å². The van der Waals surface area contributed by atoms with E-state index in [0.717, 1.165) is 11.1 Å². The van der Waals surface area contributed by atoms with Crippen LogP contribution in [0.15, 0.2) is 77.9 Å². The van der Waals surface area contributed by atoms with Crippen LogP contribution in [0.25, 0.3) is 0 Å². The lowest BCUT2D eigenvalue weighted by Gasteiger charge is -2.06. The third kappa shape index (κ3) is 3.92. The first-order valence-corrected chi connectivity index (χ1v) is 9.02. The largest absolute Gasteiger partial charge is 0.423 e. The number of ether oxygens (including phenoxy) is 1. The summed E-state index contributed by atoms with van der Waals surface area (Å²) in [5, 5.41) is 15.6. The van der Waals surface area contributed by atoms with E-state index in [9.17, 15) is 24.5 Å². The fourth-order valence-corrected chi connectivity index (χ4v) is 2.94. The van der Waals surface area contributed by atoms with Crippen molar-refractivity contribution in [1.29, 1.82) is 0 Å². The fraction of sp³-hybridized carbons (Fsp3) is 0. The molecule has 31 heavy (non-hydrogen) atoms. The number of nitro benzene ring substituents is 1. The lowest BCUT2D eigenvalue weighted by molar-refractivity contribution is -0.384. The Hall–Kier alpha value is -4.66. The summed E-state index contributed by atoms with van der Waals surface area (Å²) >= 11 is 0. The third-order valence-electron chi connectivity index (χ3n) is 4.48. The molecular weight excluding hydrogens is 402 g/mol. The van der Waals surface area contributed by atoms with E-state index in [1.54, 1.807) is 36.4 Å². The SMILES string of the molecule is O=C(Oc1ccc(/C=N\N2C(=O)c3ccccc3C2=O)cc1)c1cccc([N+](=O)[O-])c1. The van der Waals surface area contributed by atoms with Gasteiger partial charge < -0.3 is 4.74 Å². The van der Waals surface area contributed by atoms with Crippen LogP contribution < -0.4 is 4.74 Å². The second-order valence-corrected chi connectivity index (χ2v) is 6.48. The minimum Gasteiger partial charge on any atom is -0.423 e. The van der Waals surface area contributed by atoms with Gasteiger partial charge in [0, 0.05) is 12.1 Å². The normalized spacial score (nSPS) is 12.8. The number of hydrazone groups is 1. The number of carbonyl (C=O) groups is 3. The zero-order chi connectivity index (χ0) is 22.0. The summed E-state index contributed by atoms with van der Waals surface area (Å²) in [4.78, 5) is 47.0. The molecule has 0 unspecified atom stereocenters. The van der Waals surface area contributed by atoms with Crippen LogP contribution >= 0.6 is 0 Å². The minimum absolute atomic E-state index is 0.0467. The summed E-state index contributed by atoms with van der Waals surface area (Å²) in [7, 11) is 0. The van der Waals surface area contributed by atoms with Crippen LogP contribution in [0.3, 0.4) is 0 Å². The lowest BCUT2D eigenvalue weighted by Crippen LogP contribution is -2.23. The number of fused-ring (bicyclic) bond motifs is 1. The number of carbonyl (C=O) groups excluding carboxylic acids is 3. The average molecular weight is 415 g/mol.